The number of benzene rings is 1. The van der Waals surface area contributed by atoms with Gasteiger partial charge in [0.05, 0.1) is 30.5 Å². The molecule has 8 heteroatoms. The predicted octanol–water partition coefficient (Wildman–Crippen LogP) is 11.5. The first-order chi connectivity index (χ1) is 25.8. The normalized spacial score (nSPS) is 26.9. The van der Waals surface area contributed by atoms with Gasteiger partial charge in [0.1, 0.15) is 17.0 Å². The fourth-order valence-corrected chi connectivity index (χ4v) is 10.2. The van der Waals surface area contributed by atoms with Crippen LogP contribution in [0.15, 0.2) is 35.2 Å². The summed E-state index contributed by atoms with van der Waals surface area (Å²) < 4.78 is 23.8. The molecule has 1 unspecified atom stereocenters. The third-order valence-electron chi connectivity index (χ3n) is 11.8. The molecule has 8 atom stereocenters. The molecule has 1 N–H and O–H groups in total. The molecule has 0 radical (unpaired) electrons. The zero-order chi connectivity index (χ0) is 37.7. The molecular weight excluding hydrogens is 685 g/mol. The molecular formula is C45H74O7S. The van der Waals surface area contributed by atoms with Gasteiger partial charge in [-0.15, -0.1) is 11.8 Å². The third kappa shape index (κ3) is 15.8. The second kappa shape index (κ2) is 24.8. The summed E-state index contributed by atoms with van der Waals surface area (Å²) in [7, 11) is 0. The van der Waals surface area contributed by atoms with Crippen LogP contribution < -0.4 is 0 Å². The number of thioether (sulfide) groups is 1. The Labute approximate surface area is 326 Å². The van der Waals surface area contributed by atoms with E-state index in [9.17, 15) is 14.7 Å². The lowest BCUT2D eigenvalue weighted by atomic mass is 9.96. The van der Waals surface area contributed by atoms with Crippen LogP contribution in [0.1, 0.15) is 188 Å². The van der Waals surface area contributed by atoms with Crippen LogP contribution in [-0.4, -0.2) is 64.5 Å². The van der Waals surface area contributed by atoms with Crippen molar-refractivity contribution in [2.45, 2.75) is 240 Å². The van der Waals surface area contributed by atoms with Crippen molar-refractivity contribution in [2.24, 2.45) is 0 Å². The molecule has 3 aliphatic heterocycles. The topological polar surface area (TPSA) is 91.3 Å². The van der Waals surface area contributed by atoms with Crippen molar-refractivity contribution in [1.29, 1.82) is 0 Å². The molecule has 3 saturated heterocycles. The minimum absolute atomic E-state index is 0.0000995. The monoisotopic (exact) mass is 759 g/mol. The van der Waals surface area contributed by atoms with Gasteiger partial charge in [0.15, 0.2) is 0 Å². The van der Waals surface area contributed by atoms with Crippen molar-refractivity contribution in [3.8, 4) is 0 Å². The molecule has 0 saturated carbocycles. The second-order valence-electron chi connectivity index (χ2n) is 16.5. The largest absolute Gasteiger partial charge is 0.462 e. The number of esters is 2. The number of cyclic esters (lactones) is 1. The van der Waals surface area contributed by atoms with E-state index in [4.69, 9.17) is 18.9 Å². The zero-order valence-electron chi connectivity index (χ0n) is 33.6. The number of hydrogen-bond donors (Lipinski definition) is 1. The maximum atomic E-state index is 12.8. The quantitative estimate of drug-likeness (QED) is 0.0667. The van der Waals surface area contributed by atoms with Crippen molar-refractivity contribution >= 4 is 23.7 Å². The lowest BCUT2D eigenvalue weighted by Gasteiger charge is -2.26. The van der Waals surface area contributed by atoms with Crippen LogP contribution in [0.2, 0.25) is 0 Å². The maximum Gasteiger partial charge on any atom is 0.322 e. The second-order valence-corrected chi connectivity index (χ2v) is 17.9. The molecule has 7 nitrogen and oxygen atoms in total. The van der Waals surface area contributed by atoms with E-state index in [2.05, 4.69) is 19.1 Å². The predicted molar refractivity (Wildman–Crippen MR) is 215 cm³/mol. The van der Waals surface area contributed by atoms with Crippen molar-refractivity contribution in [1.82, 2.24) is 0 Å². The van der Waals surface area contributed by atoms with Gasteiger partial charge in [-0.2, -0.15) is 0 Å². The van der Waals surface area contributed by atoms with E-state index in [-0.39, 0.29) is 48.6 Å². The average Bonchev–Trinajstić information content (AvgIpc) is 3.89. The number of ether oxygens (including phenoxy) is 4. The van der Waals surface area contributed by atoms with Crippen LogP contribution in [0.5, 0.6) is 0 Å². The van der Waals surface area contributed by atoms with E-state index in [0.717, 1.165) is 81.9 Å². The van der Waals surface area contributed by atoms with E-state index in [1.54, 1.807) is 11.8 Å². The minimum atomic E-state index is -0.433. The van der Waals surface area contributed by atoms with Gasteiger partial charge in [-0.3, -0.25) is 9.59 Å². The number of rotatable bonds is 28. The van der Waals surface area contributed by atoms with E-state index >= 15 is 0 Å². The minimum Gasteiger partial charge on any atom is -0.462 e. The third-order valence-corrected chi connectivity index (χ3v) is 13.2. The van der Waals surface area contributed by atoms with Gasteiger partial charge in [-0.1, -0.05) is 134 Å². The molecule has 0 amide bonds. The summed E-state index contributed by atoms with van der Waals surface area (Å²) in [5, 5.41) is 10.9. The summed E-state index contributed by atoms with van der Waals surface area (Å²) in [4.78, 5) is 25.8. The van der Waals surface area contributed by atoms with Gasteiger partial charge < -0.3 is 24.1 Å². The van der Waals surface area contributed by atoms with E-state index in [1.807, 2.05) is 25.1 Å². The first kappa shape index (κ1) is 44.1. The Morgan fingerprint density at radius 2 is 1.30 bits per heavy atom. The summed E-state index contributed by atoms with van der Waals surface area (Å²) in [5.74, 6) is -0.254. The van der Waals surface area contributed by atoms with Crippen LogP contribution in [0, 0.1) is 0 Å². The number of carbonyl (C=O) groups is 2. The Kier molecular flexibility index (Phi) is 20.6. The highest BCUT2D eigenvalue weighted by Crippen LogP contribution is 2.46. The number of aliphatic hydroxyl groups excluding tert-OH is 1. The molecule has 4 rings (SSSR count). The standard InChI is InChI=1S/C45H74O7S/c1-4-5-6-7-8-14-17-23-28-40(50-36(3)46)41-31-32-43(52-41)42-30-29-39(51-42)38(47)27-22-16-13-11-9-10-12-15-18-24-33-45(34-35(2)49-44(45)48)53-37-25-20-19-21-26-37/h19-21,25-26,35,38-43,47H,4-18,22-24,27-34H2,1-3H3/t35-,38+,39+,40-,41+,42+,43+,45?/m0/s1. The SMILES string of the molecule is CCCCCCCCCC[C@H](OC(C)=O)[C@H]1CC[C@H]([C@H]2CC[C@H]([C@H](O)CCCCCCCCCCCCC3(Sc4ccccc4)C[C@H](C)OC3=O)O2)O1. The van der Waals surface area contributed by atoms with Crippen LogP contribution >= 0.6 is 11.8 Å². The van der Waals surface area contributed by atoms with Gasteiger partial charge in [-0.25, -0.2) is 0 Å². The molecule has 0 aliphatic carbocycles. The van der Waals surface area contributed by atoms with Crippen LogP contribution in [0.25, 0.3) is 0 Å². The van der Waals surface area contributed by atoms with E-state index < -0.39 is 10.9 Å². The smallest absolute Gasteiger partial charge is 0.322 e. The molecule has 0 spiro atoms. The summed E-state index contributed by atoms with van der Waals surface area (Å²) >= 11 is 1.70. The van der Waals surface area contributed by atoms with Gasteiger partial charge in [0, 0.05) is 18.2 Å². The number of unbranched alkanes of at least 4 members (excludes halogenated alkanes) is 16. The van der Waals surface area contributed by atoms with Gasteiger partial charge in [0.2, 0.25) is 0 Å². The Bertz CT molecular complexity index is 1150. The Hall–Kier alpha value is -1.61. The summed E-state index contributed by atoms with van der Waals surface area (Å²) in [6.45, 7) is 5.77. The summed E-state index contributed by atoms with van der Waals surface area (Å²) in [5.41, 5.74) is 0. The number of hydrogen-bond acceptors (Lipinski definition) is 8. The highest BCUT2D eigenvalue weighted by Gasteiger charge is 2.48. The maximum absolute atomic E-state index is 12.8. The Morgan fingerprint density at radius 3 is 1.87 bits per heavy atom. The first-order valence-electron chi connectivity index (χ1n) is 21.9. The zero-order valence-corrected chi connectivity index (χ0v) is 34.4. The molecule has 3 aliphatic rings. The molecule has 1 aromatic carbocycles. The first-order valence-corrected chi connectivity index (χ1v) is 22.7. The van der Waals surface area contributed by atoms with Gasteiger partial charge in [-0.05, 0) is 70.4 Å². The Morgan fingerprint density at radius 1 is 0.774 bits per heavy atom. The molecule has 3 fully saturated rings. The van der Waals surface area contributed by atoms with Gasteiger partial charge in [0.25, 0.3) is 0 Å². The molecule has 302 valence electrons. The van der Waals surface area contributed by atoms with Crippen LogP contribution in [-0.2, 0) is 28.5 Å². The van der Waals surface area contributed by atoms with Crippen molar-refractivity contribution in [3.05, 3.63) is 30.3 Å². The van der Waals surface area contributed by atoms with E-state index in [0.29, 0.717) is 0 Å². The fourth-order valence-electron chi connectivity index (χ4n) is 8.79. The molecule has 0 bridgehead atoms. The highest BCUT2D eigenvalue weighted by atomic mass is 32.2. The Balaban J connectivity index is 0.999. The van der Waals surface area contributed by atoms with E-state index in [1.165, 1.54) is 96.8 Å². The summed E-state index contributed by atoms with van der Waals surface area (Å²) in [6, 6.07) is 10.3. The average molecular weight is 759 g/mol. The van der Waals surface area contributed by atoms with Crippen molar-refractivity contribution in [3.63, 3.8) is 0 Å². The van der Waals surface area contributed by atoms with Crippen LogP contribution in [0.4, 0.5) is 0 Å². The molecule has 3 heterocycles. The van der Waals surface area contributed by atoms with Crippen LogP contribution in [0.3, 0.4) is 0 Å². The lowest BCUT2D eigenvalue weighted by Crippen LogP contribution is -2.34. The van der Waals surface area contributed by atoms with Crippen molar-refractivity contribution in [2.75, 3.05) is 0 Å². The number of aliphatic hydroxyl groups is 1. The lowest BCUT2D eigenvalue weighted by molar-refractivity contribution is -0.158. The molecule has 1 aromatic rings. The molecule has 0 aromatic heterocycles. The summed E-state index contributed by atoms with van der Waals surface area (Å²) in [6.07, 6.45) is 28.4. The highest BCUT2D eigenvalue weighted by molar-refractivity contribution is 8.01. The van der Waals surface area contributed by atoms with Gasteiger partial charge >= 0.3 is 11.9 Å². The van der Waals surface area contributed by atoms with Crippen molar-refractivity contribution < 1.29 is 33.6 Å². The number of carbonyl (C=O) groups excluding carboxylic acids is 2. The molecule has 53 heavy (non-hydrogen) atoms. The fraction of sp³-hybridized carbons (Fsp3) is 0.822.